The summed E-state index contributed by atoms with van der Waals surface area (Å²) in [5, 5.41) is 5.18. The van der Waals surface area contributed by atoms with Gasteiger partial charge < -0.3 is 20.1 Å². The van der Waals surface area contributed by atoms with Gasteiger partial charge in [0.05, 0.1) is 13.5 Å². The molecule has 0 bridgehead atoms. The first-order valence-electron chi connectivity index (χ1n) is 8.88. The van der Waals surface area contributed by atoms with Crippen molar-refractivity contribution in [1.29, 1.82) is 0 Å². The smallest absolute Gasteiger partial charge is 0.326 e. The summed E-state index contributed by atoms with van der Waals surface area (Å²) in [7, 11) is 1.58. The van der Waals surface area contributed by atoms with Crippen LogP contribution in [0.15, 0.2) is 54.6 Å². The molecule has 0 unspecified atom stereocenters. The standard InChI is InChI=1S/C21H24N2O5/c1-15(21(26)23-13-17-8-10-18(27-2)11-9-17)28-20(25)14-22-19(24)12-16-6-4-3-5-7-16/h3-11,15H,12-14H2,1-2H3,(H,22,24)(H,23,26)/t15-/m0/s1. The van der Waals surface area contributed by atoms with E-state index in [4.69, 9.17) is 9.47 Å². The van der Waals surface area contributed by atoms with Gasteiger partial charge in [0.1, 0.15) is 12.3 Å². The van der Waals surface area contributed by atoms with Crippen LogP contribution in [0.1, 0.15) is 18.1 Å². The van der Waals surface area contributed by atoms with E-state index in [1.807, 2.05) is 42.5 Å². The highest BCUT2D eigenvalue weighted by Crippen LogP contribution is 2.11. The van der Waals surface area contributed by atoms with Gasteiger partial charge in [-0.2, -0.15) is 0 Å². The average Bonchev–Trinajstić information content (AvgIpc) is 2.71. The number of hydrogen-bond acceptors (Lipinski definition) is 5. The predicted octanol–water partition coefficient (Wildman–Crippen LogP) is 1.60. The quantitative estimate of drug-likeness (QED) is 0.641. The number of hydrogen-bond donors (Lipinski definition) is 2. The number of ether oxygens (including phenoxy) is 2. The Hall–Kier alpha value is -3.35. The molecule has 1 atom stereocenters. The van der Waals surface area contributed by atoms with E-state index in [-0.39, 0.29) is 18.9 Å². The molecule has 0 radical (unpaired) electrons. The summed E-state index contributed by atoms with van der Waals surface area (Å²) in [4.78, 5) is 35.7. The van der Waals surface area contributed by atoms with Crippen LogP contribution in [0.4, 0.5) is 0 Å². The number of amides is 2. The molecule has 0 saturated carbocycles. The van der Waals surface area contributed by atoms with Crippen molar-refractivity contribution in [2.45, 2.75) is 26.0 Å². The van der Waals surface area contributed by atoms with Crippen LogP contribution in [-0.4, -0.2) is 37.5 Å². The maximum absolute atomic E-state index is 12.1. The normalized spacial score (nSPS) is 11.2. The Balaban J connectivity index is 1.68. The van der Waals surface area contributed by atoms with Crippen LogP contribution in [0.25, 0.3) is 0 Å². The first-order chi connectivity index (χ1) is 13.5. The van der Waals surface area contributed by atoms with Crippen LogP contribution in [0.5, 0.6) is 5.75 Å². The van der Waals surface area contributed by atoms with Crippen LogP contribution in [-0.2, 0) is 32.1 Å². The topological polar surface area (TPSA) is 93.7 Å². The Labute approximate surface area is 164 Å². The van der Waals surface area contributed by atoms with E-state index >= 15 is 0 Å². The lowest BCUT2D eigenvalue weighted by Crippen LogP contribution is -2.38. The van der Waals surface area contributed by atoms with E-state index in [9.17, 15) is 14.4 Å². The van der Waals surface area contributed by atoms with Gasteiger partial charge in [0.25, 0.3) is 5.91 Å². The molecule has 7 nitrogen and oxygen atoms in total. The van der Waals surface area contributed by atoms with Gasteiger partial charge in [-0.1, -0.05) is 42.5 Å². The van der Waals surface area contributed by atoms with Crippen molar-refractivity contribution >= 4 is 17.8 Å². The summed E-state index contributed by atoms with van der Waals surface area (Å²) in [6, 6.07) is 16.4. The monoisotopic (exact) mass is 384 g/mol. The molecule has 2 aromatic rings. The van der Waals surface area contributed by atoms with Gasteiger partial charge in [0.15, 0.2) is 6.10 Å². The average molecular weight is 384 g/mol. The molecule has 2 N–H and O–H groups in total. The van der Waals surface area contributed by atoms with Crippen LogP contribution < -0.4 is 15.4 Å². The van der Waals surface area contributed by atoms with E-state index in [1.54, 1.807) is 19.2 Å². The third kappa shape index (κ3) is 7.11. The lowest BCUT2D eigenvalue weighted by molar-refractivity contribution is -0.154. The van der Waals surface area contributed by atoms with E-state index in [2.05, 4.69) is 10.6 Å². The van der Waals surface area contributed by atoms with Gasteiger partial charge in [0.2, 0.25) is 5.91 Å². The number of benzene rings is 2. The SMILES string of the molecule is COc1ccc(CNC(=O)[C@H](C)OC(=O)CNC(=O)Cc2ccccc2)cc1. The molecule has 0 aliphatic heterocycles. The summed E-state index contributed by atoms with van der Waals surface area (Å²) >= 11 is 0. The zero-order valence-electron chi connectivity index (χ0n) is 15.9. The molecule has 2 rings (SSSR count). The molecular weight excluding hydrogens is 360 g/mol. The number of rotatable bonds is 9. The minimum Gasteiger partial charge on any atom is -0.497 e. The van der Waals surface area contributed by atoms with Gasteiger partial charge in [-0.05, 0) is 30.2 Å². The van der Waals surface area contributed by atoms with E-state index in [1.165, 1.54) is 6.92 Å². The molecule has 2 amide bonds. The Morgan fingerprint density at radius 2 is 1.61 bits per heavy atom. The van der Waals surface area contributed by atoms with Crippen LogP contribution >= 0.6 is 0 Å². The van der Waals surface area contributed by atoms with Crippen LogP contribution in [0.3, 0.4) is 0 Å². The van der Waals surface area contributed by atoms with Gasteiger partial charge in [-0.3, -0.25) is 14.4 Å². The summed E-state index contributed by atoms with van der Waals surface area (Å²) in [6.45, 7) is 1.49. The number of nitrogens with one attached hydrogen (secondary N) is 2. The highest BCUT2D eigenvalue weighted by Gasteiger charge is 2.18. The molecule has 0 aliphatic carbocycles. The second-order valence-corrected chi connectivity index (χ2v) is 6.14. The van der Waals surface area contributed by atoms with Gasteiger partial charge >= 0.3 is 5.97 Å². The Morgan fingerprint density at radius 1 is 0.929 bits per heavy atom. The summed E-state index contributed by atoms with van der Waals surface area (Å²) in [6.07, 6.45) is -0.789. The highest BCUT2D eigenvalue weighted by molar-refractivity contribution is 5.86. The molecule has 0 spiro atoms. The largest absolute Gasteiger partial charge is 0.497 e. The fourth-order valence-electron chi connectivity index (χ4n) is 2.38. The fourth-order valence-corrected chi connectivity index (χ4v) is 2.38. The number of methoxy groups -OCH3 is 1. The molecular formula is C21H24N2O5. The zero-order valence-corrected chi connectivity index (χ0v) is 15.9. The minimum absolute atomic E-state index is 0.173. The molecule has 7 heteroatoms. The lowest BCUT2D eigenvalue weighted by Gasteiger charge is -2.14. The van der Waals surface area contributed by atoms with Crippen molar-refractivity contribution in [2.75, 3.05) is 13.7 Å². The van der Waals surface area contributed by atoms with Crippen molar-refractivity contribution in [1.82, 2.24) is 10.6 Å². The van der Waals surface area contributed by atoms with Crippen LogP contribution in [0.2, 0.25) is 0 Å². The van der Waals surface area contributed by atoms with Crippen molar-refractivity contribution in [3.8, 4) is 5.75 Å². The Morgan fingerprint density at radius 3 is 2.25 bits per heavy atom. The molecule has 0 aliphatic rings. The molecule has 0 fully saturated rings. The summed E-state index contributed by atoms with van der Waals surface area (Å²) < 4.78 is 10.1. The predicted molar refractivity (Wildman–Crippen MR) is 104 cm³/mol. The molecule has 148 valence electrons. The number of carbonyl (C=O) groups is 3. The maximum Gasteiger partial charge on any atom is 0.326 e. The maximum atomic E-state index is 12.1. The third-order valence-electron chi connectivity index (χ3n) is 3.94. The summed E-state index contributed by atoms with van der Waals surface area (Å²) in [5.41, 5.74) is 1.74. The Kier molecular flexibility index (Phi) is 8.02. The highest BCUT2D eigenvalue weighted by atomic mass is 16.5. The molecule has 2 aromatic carbocycles. The first kappa shape index (κ1) is 21.0. The molecule has 0 saturated heterocycles. The number of carbonyl (C=O) groups excluding carboxylic acids is 3. The minimum atomic E-state index is -0.961. The van der Waals surface area contributed by atoms with E-state index < -0.39 is 18.0 Å². The second kappa shape index (κ2) is 10.7. The van der Waals surface area contributed by atoms with Gasteiger partial charge in [-0.15, -0.1) is 0 Å². The molecule has 0 aromatic heterocycles. The molecule has 28 heavy (non-hydrogen) atoms. The first-order valence-corrected chi connectivity index (χ1v) is 8.88. The third-order valence-corrected chi connectivity index (χ3v) is 3.94. The van der Waals surface area contributed by atoms with Crippen molar-refractivity contribution in [2.24, 2.45) is 0 Å². The second-order valence-electron chi connectivity index (χ2n) is 6.14. The van der Waals surface area contributed by atoms with Crippen molar-refractivity contribution in [3.05, 3.63) is 65.7 Å². The number of esters is 1. The van der Waals surface area contributed by atoms with E-state index in [0.717, 1.165) is 16.9 Å². The zero-order chi connectivity index (χ0) is 20.4. The van der Waals surface area contributed by atoms with Crippen molar-refractivity contribution < 1.29 is 23.9 Å². The Bertz CT molecular complexity index is 790. The van der Waals surface area contributed by atoms with Gasteiger partial charge in [0, 0.05) is 6.54 Å². The molecule has 0 heterocycles. The van der Waals surface area contributed by atoms with Crippen molar-refractivity contribution in [3.63, 3.8) is 0 Å². The van der Waals surface area contributed by atoms with E-state index in [0.29, 0.717) is 6.54 Å². The van der Waals surface area contributed by atoms with Crippen LogP contribution in [0, 0.1) is 0 Å². The van der Waals surface area contributed by atoms with Gasteiger partial charge in [-0.25, -0.2) is 0 Å². The summed E-state index contributed by atoms with van der Waals surface area (Å²) in [5.74, 6) is -0.653. The fraction of sp³-hybridized carbons (Fsp3) is 0.286. The lowest BCUT2D eigenvalue weighted by atomic mass is 10.1.